The molecule has 90 valence electrons. The number of nitrogens with one attached hydrogen (secondary N) is 1. The van der Waals surface area contributed by atoms with Gasteiger partial charge in [0.25, 0.3) is 0 Å². The largest absolute Gasteiger partial charge is 0.393 e. The van der Waals surface area contributed by atoms with Gasteiger partial charge in [0.05, 0.1) is 6.10 Å². The van der Waals surface area contributed by atoms with Gasteiger partial charge in [-0.2, -0.15) is 0 Å². The van der Waals surface area contributed by atoms with Gasteiger partial charge in [0, 0.05) is 13.0 Å². The van der Waals surface area contributed by atoms with Crippen LogP contribution in [0.4, 0.5) is 0 Å². The molecule has 0 saturated carbocycles. The minimum atomic E-state index is -0.333. The smallest absolute Gasteiger partial charge is 0.219 e. The first kappa shape index (κ1) is 14.4. The second-order valence-corrected chi connectivity index (χ2v) is 5.40. The molecule has 0 aromatic carbocycles. The van der Waals surface area contributed by atoms with Gasteiger partial charge in [0.15, 0.2) is 0 Å². The minimum absolute atomic E-state index is 0.0971. The summed E-state index contributed by atoms with van der Waals surface area (Å²) in [4.78, 5) is 11.3. The van der Waals surface area contributed by atoms with Crippen LogP contribution < -0.4 is 5.32 Å². The number of rotatable bonds is 6. The Morgan fingerprint density at radius 1 is 1.40 bits per heavy atom. The number of carbonyl (C=O) groups excluding carboxylic acids is 1. The molecule has 0 aromatic rings. The standard InChI is InChI=1S/C12H25NO2/c1-10(14)7-9-13-11(15)6-5-8-12(2,3)4/h10,14H,5-9H2,1-4H3,(H,13,15). The van der Waals surface area contributed by atoms with Crippen LogP contribution in [-0.2, 0) is 4.79 Å². The molecular weight excluding hydrogens is 190 g/mol. The van der Waals surface area contributed by atoms with Crippen molar-refractivity contribution >= 4 is 5.91 Å². The molecule has 0 rings (SSSR count). The molecule has 3 heteroatoms. The molecule has 0 heterocycles. The molecule has 0 bridgehead atoms. The summed E-state index contributed by atoms with van der Waals surface area (Å²) < 4.78 is 0. The van der Waals surface area contributed by atoms with Crippen molar-refractivity contribution in [3.63, 3.8) is 0 Å². The maximum atomic E-state index is 11.3. The van der Waals surface area contributed by atoms with E-state index in [1.54, 1.807) is 6.92 Å². The van der Waals surface area contributed by atoms with E-state index in [1.165, 1.54) is 0 Å². The predicted molar refractivity (Wildman–Crippen MR) is 62.6 cm³/mol. The number of hydrogen-bond acceptors (Lipinski definition) is 2. The van der Waals surface area contributed by atoms with E-state index >= 15 is 0 Å². The zero-order valence-corrected chi connectivity index (χ0v) is 10.5. The zero-order chi connectivity index (χ0) is 11.9. The van der Waals surface area contributed by atoms with Crippen LogP contribution in [0.2, 0.25) is 0 Å². The highest BCUT2D eigenvalue weighted by Gasteiger charge is 2.10. The van der Waals surface area contributed by atoms with Crippen molar-refractivity contribution in [3.05, 3.63) is 0 Å². The van der Waals surface area contributed by atoms with Gasteiger partial charge in [0.1, 0.15) is 0 Å². The van der Waals surface area contributed by atoms with Crippen LogP contribution in [0.5, 0.6) is 0 Å². The van der Waals surface area contributed by atoms with E-state index in [2.05, 4.69) is 26.1 Å². The van der Waals surface area contributed by atoms with Gasteiger partial charge in [-0.25, -0.2) is 0 Å². The van der Waals surface area contributed by atoms with Gasteiger partial charge < -0.3 is 10.4 Å². The minimum Gasteiger partial charge on any atom is -0.393 e. The van der Waals surface area contributed by atoms with Crippen molar-refractivity contribution in [2.75, 3.05) is 6.54 Å². The molecule has 0 spiro atoms. The van der Waals surface area contributed by atoms with Gasteiger partial charge in [-0.1, -0.05) is 20.8 Å². The Kier molecular flexibility index (Phi) is 6.57. The summed E-state index contributed by atoms with van der Waals surface area (Å²) in [7, 11) is 0. The van der Waals surface area contributed by atoms with Crippen LogP contribution in [0.3, 0.4) is 0 Å². The third-order valence-electron chi connectivity index (χ3n) is 2.21. The molecule has 2 N–H and O–H groups in total. The van der Waals surface area contributed by atoms with Crippen LogP contribution in [0, 0.1) is 5.41 Å². The Hall–Kier alpha value is -0.570. The van der Waals surface area contributed by atoms with E-state index in [0.717, 1.165) is 12.8 Å². The second-order valence-electron chi connectivity index (χ2n) is 5.40. The highest BCUT2D eigenvalue weighted by Crippen LogP contribution is 2.21. The molecule has 1 unspecified atom stereocenters. The summed E-state index contributed by atoms with van der Waals surface area (Å²) in [6, 6.07) is 0. The highest BCUT2D eigenvalue weighted by atomic mass is 16.3. The van der Waals surface area contributed by atoms with Crippen LogP contribution >= 0.6 is 0 Å². The molecule has 0 saturated heterocycles. The average Bonchev–Trinajstić information content (AvgIpc) is 2.00. The van der Waals surface area contributed by atoms with Crippen molar-refractivity contribution in [3.8, 4) is 0 Å². The molecule has 15 heavy (non-hydrogen) atoms. The molecule has 0 aromatic heterocycles. The van der Waals surface area contributed by atoms with Crippen LogP contribution in [0.1, 0.15) is 53.4 Å². The van der Waals surface area contributed by atoms with E-state index in [-0.39, 0.29) is 12.0 Å². The topological polar surface area (TPSA) is 49.3 Å². The fourth-order valence-corrected chi connectivity index (χ4v) is 1.29. The van der Waals surface area contributed by atoms with Crippen molar-refractivity contribution in [1.29, 1.82) is 0 Å². The van der Waals surface area contributed by atoms with Crippen LogP contribution in [-0.4, -0.2) is 23.7 Å². The molecule has 1 atom stereocenters. The average molecular weight is 215 g/mol. The summed E-state index contributed by atoms with van der Waals surface area (Å²) in [5.74, 6) is 0.0971. The first-order chi connectivity index (χ1) is 6.81. The molecule has 0 fully saturated rings. The monoisotopic (exact) mass is 215 g/mol. The molecule has 3 nitrogen and oxygen atoms in total. The Labute approximate surface area is 93.3 Å². The van der Waals surface area contributed by atoms with Crippen LogP contribution in [0.25, 0.3) is 0 Å². The molecule has 0 aliphatic rings. The van der Waals surface area contributed by atoms with Crippen molar-refractivity contribution in [2.24, 2.45) is 5.41 Å². The number of amides is 1. The Balaban J connectivity index is 3.42. The van der Waals surface area contributed by atoms with Gasteiger partial charge in [-0.3, -0.25) is 4.79 Å². The van der Waals surface area contributed by atoms with Gasteiger partial charge in [-0.15, -0.1) is 0 Å². The second kappa shape index (κ2) is 6.83. The van der Waals surface area contributed by atoms with Gasteiger partial charge in [-0.05, 0) is 31.6 Å². The lowest BCUT2D eigenvalue weighted by atomic mass is 9.90. The lowest BCUT2D eigenvalue weighted by molar-refractivity contribution is -0.121. The quantitative estimate of drug-likeness (QED) is 0.713. The lowest BCUT2D eigenvalue weighted by Gasteiger charge is -2.17. The Morgan fingerprint density at radius 2 is 2.00 bits per heavy atom. The fraction of sp³-hybridized carbons (Fsp3) is 0.917. The van der Waals surface area contributed by atoms with E-state index in [9.17, 15) is 4.79 Å². The maximum Gasteiger partial charge on any atom is 0.219 e. The first-order valence-corrected chi connectivity index (χ1v) is 5.76. The first-order valence-electron chi connectivity index (χ1n) is 5.76. The van der Waals surface area contributed by atoms with E-state index in [0.29, 0.717) is 24.8 Å². The molecular formula is C12H25NO2. The third kappa shape index (κ3) is 11.4. The van der Waals surface area contributed by atoms with E-state index in [1.807, 2.05) is 0 Å². The number of hydrogen-bond donors (Lipinski definition) is 2. The van der Waals surface area contributed by atoms with Crippen molar-refractivity contribution < 1.29 is 9.90 Å². The highest BCUT2D eigenvalue weighted by molar-refractivity contribution is 5.75. The van der Waals surface area contributed by atoms with Gasteiger partial charge >= 0.3 is 0 Å². The Bertz CT molecular complexity index is 183. The number of aliphatic hydroxyl groups excluding tert-OH is 1. The maximum absolute atomic E-state index is 11.3. The zero-order valence-electron chi connectivity index (χ0n) is 10.5. The fourth-order valence-electron chi connectivity index (χ4n) is 1.29. The SMILES string of the molecule is CC(O)CCNC(=O)CCCC(C)(C)C. The summed E-state index contributed by atoms with van der Waals surface area (Å²) in [5, 5.41) is 11.8. The summed E-state index contributed by atoms with van der Waals surface area (Å²) in [6.45, 7) is 8.84. The normalized spacial score (nSPS) is 13.7. The van der Waals surface area contributed by atoms with Crippen LogP contribution in [0.15, 0.2) is 0 Å². The predicted octanol–water partition coefficient (Wildman–Crippen LogP) is 2.09. The van der Waals surface area contributed by atoms with E-state index < -0.39 is 0 Å². The van der Waals surface area contributed by atoms with Gasteiger partial charge in [0.2, 0.25) is 5.91 Å². The van der Waals surface area contributed by atoms with E-state index in [4.69, 9.17) is 5.11 Å². The third-order valence-corrected chi connectivity index (χ3v) is 2.21. The summed E-state index contributed by atoms with van der Waals surface area (Å²) in [5.41, 5.74) is 0.305. The Morgan fingerprint density at radius 3 is 2.47 bits per heavy atom. The summed E-state index contributed by atoms with van der Waals surface area (Å²) >= 11 is 0. The molecule has 0 aliphatic carbocycles. The molecule has 0 aliphatic heterocycles. The summed E-state index contributed by atoms with van der Waals surface area (Å²) in [6.07, 6.45) is 2.89. The number of aliphatic hydroxyl groups is 1. The number of carbonyl (C=O) groups is 1. The molecule has 0 radical (unpaired) electrons. The molecule has 1 amide bonds. The van der Waals surface area contributed by atoms with Crippen molar-refractivity contribution in [2.45, 2.75) is 59.5 Å². The lowest BCUT2D eigenvalue weighted by Crippen LogP contribution is -2.26. The van der Waals surface area contributed by atoms with Crippen molar-refractivity contribution in [1.82, 2.24) is 5.32 Å².